The van der Waals surface area contributed by atoms with Gasteiger partial charge in [0.2, 0.25) is 24.0 Å². The van der Waals surface area contributed by atoms with Gasteiger partial charge in [0.05, 0.1) is 0 Å². The number of hydrogen-bond donors (Lipinski definition) is 0. The first-order valence-corrected chi connectivity index (χ1v) is 7.98. The minimum atomic E-state index is 0. The quantitative estimate of drug-likeness (QED) is 0.268. The van der Waals surface area contributed by atoms with Gasteiger partial charge in [-0.3, -0.25) is 0 Å². The van der Waals surface area contributed by atoms with E-state index < -0.39 is 0 Å². The van der Waals surface area contributed by atoms with E-state index in [-0.39, 0.29) is 55.9 Å². The first kappa shape index (κ1) is 28.0. The Hall–Kier alpha value is 0.139. The Morgan fingerprint density at radius 2 is 1.30 bits per heavy atom. The molecule has 2 aliphatic carbocycles. The molecule has 3 rings (SSSR count). The van der Waals surface area contributed by atoms with Crippen LogP contribution in [0, 0.1) is 20.8 Å². The zero-order valence-corrected chi connectivity index (χ0v) is 18.8. The summed E-state index contributed by atoms with van der Waals surface area (Å²) in [6, 6.07) is 4.32. The number of allylic oxidation sites excluding steroid dienone is 1. The summed E-state index contributed by atoms with van der Waals surface area (Å²) in [5, 5.41) is 0. The van der Waals surface area contributed by atoms with Crippen LogP contribution in [0.3, 0.4) is 0 Å². The Kier molecular flexibility index (Phi) is 20.6. The van der Waals surface area contributed by atoms with E-state index in [1.807, 2.05) is 7.05 Å². The maximum atomic E-state index is 2.38. The van der Waals surface area contributed by atoms with Crippen molar-refractivity contribution < 1.29 is 45.6 Å². The van der Waals surface area contributed by atoms with E-state index in [2.05, 4.69) is 41.2 Å². The Balaban J connectivity index is -0.000000389. The van der Waals surface area contributed by atoms with Crippen LogP contribution in [-0.4, -0.2) is 0 Å². The number of aromatic nitrogens is 1. The van der Waals surface area contributed by atoms with Gasteiger partial charge in [-0.25, -0.2) is 4.57 Å². The summed E-state index contributed by atoms with van der Waals surface area (Å²) >= 11 is 0. The normalized spacial score (nSPS) is 16.2. The number of halogens is 1. The first-order valence-electron chi connectivity index (χ1n) is 7.98. The van der Waals surface area contributed by atoms with E-state index in [1.54, 1.807) is 0 Å². The molecule has 0 radical (unpaired) electrons. The summed E-state index contributed by atoms with van der Waals surface area (Å²) in [5.74, 6) is 0.837. The molecule has 1 aromatic heterocycles. The average molecular weight is 473 g/mol. The van der Waals surface area contributed by atoms with Crippen molar-refractivity contribution in [3.8, 4) is 0 Å². The van der Waals surface area contributed by atoms with Crippen LogP contribution in [0.1, 0.15) is 63.4 Å². The van der Waals surface area contributed by atoms with Gasteiger partial charge in [0.25, 0.3) is 0 Å². The molecule has 0 saturated heterocycles. The van der Waals surface area contributed by atoms with E-state index in [1.165, 1.54) is 63.4 Å². The van der Waals surface area contributed by atoms with Crippen molar-refractivity contribution >= 4 is 6.08 Å². The third-order valence-electron chi connectivity index (χ3n) is 4.21. The molecule has 1 nitrogen and oxygen atoms in total. The second-order valence-electron chi connectivity index (χ2n) is 5.97. The number of rotatable bonds is 2. The topological polar surface area (TPSA) is 3.88 Å². The van der Waals surface area contributed by atoms with E-state index in [0.29, 0.717) is 0 Å². The van der Waals surface area contributed by atoms with Crippen LogP contribution in [0.2, 0.25) is 0 Å². The van der Waals surface area contributed by atoms with Crippen molar-refractivity contribution in [1.29, 1.82) is 0 Å². The van der Waals surface area contributed by atoms with Gasteiger partial charge in [-0.05, 0) is 24.3 Å². The van der Waals surface area contributed by atoms with Crippen LogP contribution in [0.25, 0.3) is 6.08 Å². The van der Waals surface area contributed by atoms with Crippen molar-refractivity contribution in [1.82, 2.24) is 0 Å². The number of aryl methyl sites for hydroxylation is 1. The molecular weight excluding hydrogens is 437 g/mol. The monoisotopic (exact) mass is 473 g/mol. The fourth-order valence-corrected chi connectivity index (χ4v) is 2.90. The summed E-state index contributed by atoms with van der Waals surface area (Å²) in [6.07, 6.45) is 21.9. The van der Waals surface area contributed by atoms with Gasteiger partial charge in [-0.2, -0.15) is 0 Å². The molecule has 0 N–H and O–H groups in total. The average Bonchev–Trinajstić information content (AvgIpc) is 3.14. The molecule has 0 bridgehead atoms. The van der Waals surface area contributed by atoms with Gasteiger partial charge in [0.15, 0.2) is 12.4 Å². The fraction of sp³-hybridized carbons (Fsp3) is 0.550. The molecule has 2 fully saturated rings. The van der Waals surface area contributed by atoms with Crippen molar-refractivity contribution in [3.05, 3.63) is 51.0 Å². The second kappa shape index (κ2) is 17.0. The number of hydrogen-bond acceptors (Lipinski definition) is 0. The minimum absolute atomic E-state index is 0. The molecule has 0 unspecified atom stereocenters. The molecule has 1 aromatic rings. The third kappa shape index (κ3) is 12.2. The van der Waals surface area contributed by atoms with Gasteiger partial charge < -0.3 is 14.9 Å². The molecule has 134 valence electrons. The van der Waals surface area contributed by atoms with E-state index in [4.69, 9.17) is 0 Å². The minimum Gasteiger partial charge on any atom is -0.358 e. The molecule has 0 spiro atoms. The molecule has 0 atom stereocenters. The molecule has 23 heavy (non-hydrogen) atoms. The largest absolute Gasteiger partial charge is 2.00 e. The molecule has 0 aromatic carbocycles. The van der Waals surface area contributed by atoms with E-state index >= 15 is 0 Å². The summed E-state index contributed by atoms with van der Waals surface area (Å²) in [5.41, 5.74) is 1.31. The summed E-state index contributed by atoms with van der Waals surface area (Å²) in [7, 11) is 2.05. The van der Waals surface area contributed by atoms with Crippen LogP contribution >= 0.6 is 0 Å². The van der Waals surface area contributed by atoms with Gasteiger partial charge in [-0.1, -0.05) is 57.1 Å². The zero-order valence-electron chi connectivity index (χ0n) is 15.2. The van der Waals surface area contributed by atoms with Gasteiger partial charge >= 0.3 is 17.1 Å². The molecule has 3 heteroatoms. The maximum Gasteiger partial charge on any atom is 2.00 e. The third-order valence-corrected chi connectivity index (χ3v) is 4.21. The molecule has 2 aliphatic rings. The Morgan fingerprint density at radius 1 is 0.870 bits per heavy atom. The van der Waals surface area contributed by atoms with Gasteiger partial charge in [-0.15, -0.1) is 0 Å². The summed E-state index contributed by atoms with van der Waals surface area (Å²) in [4.78, 5) is 0. The Morgan fingerprint density at radius 3 is 1.74 bits per heavy atom. The number of pyridine rings is 1. The van der Waals surface area contributed by atoms with Crippen LogP contribution < -0.4 is 28.5 Å². The zero-order chi connectivity index (χ0) is 13.3. The smallest absolute Gasteiger partial charge is 0.358 e. The van der Waals surface area contributed by atoms with Gasteiger partial charge in [0, 0.05) is 12.1 Å². The first-order chi connectivity index (χ1) is 9.34. The molecule has 2 saturated carbocycles. The van der Waals surface area contributed by atoms with Crippen LogP contribution in [0.15, 0.2) is 30.6 Å². The van der Waals surface area contributed by atoms with E-state index in [9.17, 15) is 0 Å². The standard InChI is InChI=1S/C13H18N.C5H10.2CH3.Fe.H2I/c1-14-10-8-13(9-11-14)7-6-12-4-2-3-5-12;1-2-4-5-3-1;;;;/h6-12H,2-5H2,1H3;1-5H2;2*1H3;;1H2/q+1;;2*-1;+2;+1/b7-6+;;;;;. The van der Waals surface area contributed by atoms with Gasteiger partial charge in [0.1, 0.15) is 7.05 Å². The van der Waals surface area contributed by atoms with Crippen molar-refractivity contribution in [2.75, 3.05) is 0 Å². The van der Waals surface area contributed by atoms with Crippen LogP contribution in [0.5, 0.6) is 0 Å². The second-order valence-corrected chi connectivity index (χ2v) is 5.97. The van der Waals surface area contributed by atoms with Crippen molar-refractivity contribution in [2.24, 2.45) is 13.0 Å². The molecule has 1 heterocycles. The van der Waals surface area contributed by atoms with Crippen LogP contribution in [0.4, 0.5) is 0 Å². The maximum absolute atomic E-state index is 2.38. The fourth-order valence-electron chi connectivity index (χ4n) is 2.90. The van der Waals surface area contributed by atoms with E-state index in [0.717, 1.165) is 5.92 Å². The Labute approximate surface area is 172 Å². The predicted molar refractivity (Wildman–Crippen MR) is 97.3 cm³/mol. The molecule has 0 amide bonds. The Bertz CT molecular complexity index is 372. The molecular formula is C20H36FeIN+2. The number of nitrogens with zero attached hydrogens (tertiary/aromatic N) is 1. The SMILES string of the molecule is C1CCCC1.C[n+]1ccc(/C=C/C2CCCC2)cc1.[CH3-].[CH3-].[Fe+2].[IH2+]. The summed E-state index contributed by atoms with van der Waals surface area (Å²) < 4.78 is 2.06. The van der Waals surface area contributed by atoms with Crippen LogP contribution in [-0.2, 0) is 24.1 Å². The molecule has 0 aliphatic heterocycles. The van der Waals surface area contributed by atoms with Crippen molar-refractivity contribution in [2.45, 2.75) is 57.8 Å². The predicted octanol–water partition coefficient (Wildman–Crippen LogP) is 2.03. The summed E-state index contributed by atoms with van der Waals surface area (Å²) in [6.45, 7) is 0. The van der Waals surface area contributed by atoms with Crippen molar-refractivity contribution in [3.63, 3.8) is 0 Å².